The highest BCUT2D eigenvalue weighted by Gasteiger charge is 2.37. The van der Waals surface area contributed by atoms with Crippen molar-refractivity contribution >= 4 is 11.9 Å². The summed E-state index contributed by atoms with van der Waals surface area (Å²) in [6.45, 7) is 4.24. The van der Waals surface area contributed by atoms with Gasteiger partial charge in [-0.1, -0.05) is 6.92 Å². The molecule has 0 aromatic rings. The molecule has 0 aliphatic carbocycles. The Hall–Kier alpha value is -1.10. The lowest BCUT2D eigenvalue weighted by molar-refractivity contribution is -0.142. The fraction of sp³-hybridized carbons (Fsp3) is 0.778. The average Bonchev–Trinajstić information content (AvgIpc) is 2.45. The largest absolute Gasteiger partial charge is 0.481 e. The minimum Gasteiger partial charge on any atom is -0.481 e. The van der Waals surface area contributed by atoms with Gasteiger partial charge in [-0.2, -0.15) is 0 Å². The number of rotatable bonds is 2. The van der Waals surface area contributed by atoms with Crippen molar-refractivity contribution in [2.24, 2.45) is 17.6 Å². The molecule has 1 fully saturated rings. The molecule has 3 atom stereocenters. The lowest BCUT2D eigenvalue weighted by atomic mass is 9.99. The van der Waals surface area contributed by atoms with Gasteiger partial charge in [0, 0.05) is 13.1 Å². The van der Waals surface area contributed by atoms with Gasteiger partial charge in [0.05, 0.1) is 12.0 Å². The number of hydrogen-bond acceptors (Lipinski definition) is 3. The average molecular weight is 200 g/mol. The molecular weight excluding hydrogens is 184 g/mol. The summed E-state index contributed by atoms with van der Waals surface area (Å²) in [6.07, 6.45) is 0. The van der Waals surface area contributed by atoms with Crippen LogP contribution < -0.4 is 5.73 Å². The van der Waals surface area contributed by atoms with E-state index in [1.165, 1.54) is 4.90 Å². The van der Waals surface area contributed by atoms with Crippen molar-refractivity contribution in [1.82, 2.24) is 4.90 Å². The van der Waals surface area contributed by atoms with Crippen molar-refractivity contribution in [3.63, 3.8) is 0 Å². The maximum absolute atomic E-state index is 11.5. The van der Waals surface area contributed by atoms with E-state index < -0.39 is 17.9 Å². The van der Waals surface area contributed by atoms with Crippen molar-refractivity contribution in [2.45, 2.75) is 19.9 Å². The van der Waals surface area contributed by atoms with Gasteiger partial charge in [-0.25, -0.2) is 0 Å². The van der Waals surface area contributed by atoms with Crippen LogP contribution in [0.4, 0.5) is 0 Å². The summed E-state index contributed by atoms with van der Waals surface area (Å²) in [5, 5.41) is 8.85. The van der Waals surface area contributed by atoms with Crippen molar-refractivity contribution < 1.29 is 14.7 Å². The number of aliphatic carboxylic acids is 1. The zero-order valence-corrected chi connectivity index (χ0v) is 8.43. The van der Waals surface area contributed by atoms with Crippen LogP contribution in [-0.4, -0.2) is 41.0 Å². The second-order valence-electron chi connectivity index (χ2n) is 3.95. The van der Waals surface area contributed by atoms with E-state index in [1.807, 2.05) is 6.92 Å². The van der Waals surface area contributed by atoms with Gasteiger partial charge in [0.25, 0.3) is 0 Å². The predicted molar refractivity (Wildman–Crippen MR) is 50.5 cm³/mol. The fourth-order valence-corrected chi connectivity index (χ4v) is 1.76. The number of likely N-dealkylation sites (tertiary alicyclic amines) is 1. The van der Waals surface area contributed by atoms with E-state index in [9.17, 15) is 9.59 Å². The molecule has 0 bridgehead atoms. The summed E-state index contributed by atoms with van der Waals surface area (Å²) in [5.41, 5.74) is 5.44. The van der Waals surface area contributed by atoms with Crippen LogP contribution in [0.5, 0.6) is 0 Å². The first-order valence-electron chi connectivity index (χ1n) is 4.70. The molecule has 1 amide bonds. The molecule has 5 nitrogen and oxygen atoms in total. The molecule has 1 saturated heterocycles. The van der Waals surface area contributed by atoms with Crippen molar-refractivity contribution in [3.05, 3.63) is 0 Å². The molecule has 3 N–H and O–H groups in total. The van der Waals surface area contributed by atoms with Crippen LogP contribution in [0.15, 0.2) is 0 Å². The van der Waals surface area contributed by atoms with Crippen molar-refractivity contribution in [3.8, 4) is 0 Å². The number of amides is 1. The van der Waals surface area contributed by atoms with Crippen LogP contribution in [0.1, 0.15) is 13.8 Å². The zero-order valence-electron chi connectivity index (χ0n) is 8.43. The van der Waals surface area contributed by atoms with E-state index in [4.69, 9.17) is 10.8 Å². The van der Waals surface area contributed by atoms with Gasteiger partial charge in [-0.05, 0) is 12.8 Å². The SMILES string of the molecule is CC(N)C(=O)N1C[C@@H](C)[C@H](C(=O)O)C1. The quantitative estimate of drug-likeness (QED) is 0.630. The Kier molecular flexibility index (Phi) is 3.10. The third-order valence-corrected chi connectivity index (χ3v) is 2.63. The Morgan fingerprint density at radius 2 is 2.07 bits per heavy atom. The van der Waals surface area contributed by atoms with Gasteiger partial charge in [0.2, 0.25) is 5.91 Å². The van der Waals surface area contributed by atoms with E-state index in [2.05, 4.69) is 0 Å². The van der Waals surface area contributed by atoms with Crippen LogP contribution in [0.2, 0.25) is 0 Å². The lowest BCUT2D eigenvalue weighted by Gasteiger charge is -2.17. The van der Waals surface area contributed by atoms with Gasteiger partial charge < -0.3 is 15.7 Å². The van der Waals surface area contributed by atoms with E-state index in [0.29, 0.717) is 6.54 Å². The number of carbonyl (C=O) groups excluding carboxylic acids is 1. The molecule has 1 aliphatic heterocycles. The first kappa shape index (κ1) is 11.0. The minimum absolute atomic E-state index is 0.00944. The maximum Gasteiger partial charge on any atom is 0.308 e. The van der Waals surface area contributed by atoms with Gasteiger partial charge in [-0.15, -0.1) is 0 Å². The van der Waals surface area contributed by atoms with E-state index >= 15 is 0 Å². The zero-order chi connectivity index (χ0) is 10.9. The minimum atomic E-state index is -0.836. The van der Waals surface area contributed by atoms with Crippen LogP contribution in [-0.2, 0) is 9.59 Å². The van der Waals surface area contributed by atoms with Crippen LogP contribution >= 0.6 is 0 Å². The topological polar surface area (TPSA) is 83.6 Å². The fourth-order valence-electron chi connectivity index (χ4n) is 1.76. The van der Waals surface area contributed by atoms with Crippen molar-refractivity contribution in [1.29, 1.82) is 0 Å². The van der Waals surface area contributed by atoms with Crippen LogP contribution in [0.3, 0.4) is 0 Å². The smallest absolute Gasteiger partial charge is 0.308 e. The van der Waals surface area contributed by atoms with Gasteiger partial charge in [0.1, 0.15) is 0 Å². The Balaban J connectivity index is 2.63. The van der Waals surface area contributed by atoms with Gasteiger partial charge >= 0.3 is 5.97 Å². The first-order chi connectivity index (χ1) is 6.43. The van der Waals surface area contributed by atoms with E-state index in [-0.39, 0.29) is 18.4 Å². The Labute approximate surface area is 82.9 Å². The number of carbonyl (C=O) groups is 2. The maximum atomic E-state index is 11.5. The molecule has 1 unspecified atom stereocenters. The molecule has 14 heavy (non-hydrogen) atoms. The highest BCUT2D eigenvalue weighted by molar-refractivity contribution is 5.82. The summed E-state index contributed by atoms with van der Waals surface area (Å²) < 4.78 is 0. The predicted octanol–water partition coefficient (Wildman–Crippen LogP) is -0.487. The Bertz CT molecular complexity index is 252. The van der Waals surface area contributed by atoms with Crippen LogP contribution in [0, 0.1) is 11.8 Å². The highest BCUT2D eigenvalue weighted by Crippen LogP contribution is 2.23. The highest BCUT2D eigenvalue weighted by atomic mass is 16.4. The van der Waals surface area contributed by atoms with E-state index in [1.54, 1.807) is 6.92 Å². The number of nitrogens with zero attached hydrogens (tertiary/aromatic N) is 1. The Morgan fingerprint density at radius 3 is 2.43 bits per heavy atom. The van der Waals surface area contributed by atoms with Crippen molar-refractivity contribution in [2.75, 3.05) is 13.1 Å². The molecule has 0 radical (unpaired) electrons. The third-order valence-electron chi connectivity index (χ3n) is 2.63. The summed E-state index contributed by atoms with van der Waals surface area (Å²) in [5.74, 6) is -1.44. The summed E-state index contributed by atoms with van der Waals surface area (Å²) >= 11 is 0. The summed E-state index contributed by atoms with van der Waals surface area (Å²) in [6, 6.07) is -0.547. The normalized spacial score (nSPS) is 28.9. The van der Waals surface area contributed by atoms with E-state index in [0.717, 1.165) is 0 Å². The molecule has 0 spiro atoms. The number of hydrogen-bond donors (Lipinski definition) is 2. The molecule has 5 heteroatoms. The number of nitrogens with two attached hydrogens (primary N) is 1. The molecule has 1 aliphatic rings. The Morgan fingerprint density at radius 1 is 1.50 bits per heavy atom. The monoisotopic (exact) mass is 200 g/mol. The molecular formula is C9H16N2O3. The molecule has 0 aromatic heterocycles. The standard InChI is InChI=1S/C9H16N2O3/c1-5-3-11(8(12)6(2)10)4-7(5)9(13)14/h5-7H,3-4,10H2,1-2H3,(H,13,14)/t5-,6?,7-/m1/s1. The lowest BCUT2D eigenvalue weighted by Crippen LogP contribution is -2.41. The second-order valence-corrected chi connectivity index (χ2v) is 3.95. The molecule has 80 valence electrons. The third kappa shape index (κ3) is 2.04. The molecule has 0 saturated carbocycles. The number of carboxylic acids is 1. The number of carboxylic acid groups (broad SMARTS) is 1. The molecule has 1 heterocycles. The van der Waals surface area contributed by atoms with Gasteiger partial charge in [-0.3, -0.25) is 9.59 Å². The summed E-state index contributed by atoms with van der Waals surface area (Å²) in [7, 11) is 0. The summed E-state index contributed by atoms with van der Waals surface area (Å²) in [4.78, 5) is 23.8. The molecule has 1 rings (SSSR count). The van der Waals surface area contributed by atoms with Gasteiger partial charge in [0.15, 0.2) is 0 Å². The second kappa shape index (κ2) is 3.96. The molecule has 0 aromatic carbocycles. The first-order valence-corrected chi connectivity index (χ1v) is 4.70. The van der Waals surface area contributed by atoms with Crippen LogP contribution in [0.25, 0.3) is 0 Å².